The van der Waals surface area contributed by atoms with Gasteiger partial charge in [0.1, 0.15) is 0 Å². The largest absolute Gasteiger partial charge is 0.681 e. The average Bonchev–Trinajstić information content (AvgIpc) is 3.02. The van der Waals surface area contributed by atoms with Crippen molar-refractivity contribution in [2.24, 2.45) is 0 Å². The van der Waals surface area contributed by atoms with Gasteiger partial charge in [0.15, 0.2) is 5.91 Å². The Balaban J connectivity index is 0.000000331. The molecule has 2 rings (SSSR count). The van der Waals surface area contributed by atoms with E-state index in [1.807, 2.05) is 24.3 Å². The number of hydrogen-bond acceptors (Lipinski definition) is 2. The van der Waals surface area contributed by atoms with Crippen molar-refractivity contribution in [3.63, 3.8) is 0 Å². The first kappa shape index (κ1) is 17.2. The van der Waals surface area contributed by atoms with Crippen molar-refractivity contribution in [2.75, 3.05) is 14.1 Å². The van der Waals surface area contributed by atoms with E-state index < -0.39 is 5.97 Å². The van der Waals surface area contributed by atoms with Crippen LogP contribution in [0.1, 0.15) is 20.7 Å². The Kier molecular flexibility index (Phi) is 7.49. The number of rotatable bonds is 2. The van der Waals surface area contributed by atoms with Crippen molar-refractivity contribution in [2.45, 2.75) is 0 Å². The van der Waals surface area contributed by atoms with Crippen LogP contribution in [0.25, 0.3) is 0 Å². The molecule has 4 nitrogen and oxygen atoms in total. The minimum absolute atomic E-state index is 0. The molecule has 0 heterocycles. The average molecular weight is 301 g/mol. The first-order valence-corrected chi connectivity index (χ1v) is 5.40. The maximum atomic E-state index is 11.1. The molecule has 0 aliphatic rings. The number of carboxylic acid groups (broad SMARTS) is 1. The van der Waals surface area contributed by atoms with Gasteiger partial charge in [0.25, 0.3) is 0 Å². The molecule has 0 radical (unpaired) electrons. The number of carboxylic acids is 1. The molecule has 108 valence electrons. The normalized spacial score (nSPS) is 8.74. The molecule has 1 amide bonds. The topological polar surface area (TPSA) is 57.6 Å². The summed E-state index contributed by atoms with van der Waals surface area (Å²) < 4.78 is 0. The summed E-state index contributed by atoms with van der Waals surface area (Å²) in [5.41, 5.74) is 1.11. The van der Waals surface area contributed by atoms with Gasteiger partial charge in [0.05, 0.1) is 0 Å². The SMILES string of the molecule is CN(C)C(=O)[c-]1cccc1.O=C(O)[c-]1[cH-][cH-][cH-][cH-]1.[Fe]. The van der Waals surface area contributed by atoms with Crippen LogP contribution in [-0.2, 0) is 17.1 Å². The van der Waals surface area contributed by atoms with E-state index in [1.165, 1.54) is 0 Å². The third-order valence-corrected chi connectivity index (χ3v) is 2.23. The summed E-state index contributed by atoms with van der Waals surface area (Å²) >= 11 is 0. The van der Waals surface area contributed by atoms with Crippen molar-refractivity contribution in [1.82, 2.24) is 4.90 Å². The minimum Gasteiger partial charge on any atom is -0.681 e. The second kappa shape index (κ2) is 8.29. The van der Waals surface area contributed by atoms with Gasteiger partial charge in [-0.1, -0.05) is 5.56 Å². The van der Waals surface area contributed by atoms with Gasteiger partial charge in [0.2, 0.25) is 0 Å². The van der Waals surface area contributed by atoms with E-state index in [0.29, 0.717) is 5.56 Å². The Morgan fingerprint density at radius 3 is 1.89 bits per heavy atom. The van der Waals surface area contributed by atoms with Gasteiger partial charge in [-0.2, -0.15) is 12.1 Å². The molecule has 1 N–H and O–H groups in total. The molecular weight excluding hydrogens is 286 g/mol. The number of amides is 1. The molecule has 0 aliphatic heterocycles. The number of carbonyl (C=O) groups excluding carboxylic acids is 1. The third kappa shape index (κ3) is 5.55. The van der Waals surface area contributed by atoms with E-state index >= 15 is 0 Å². The first-order valence-electron chi connectivity index (χ1n) is 5.40. The fraction of sp³-hybridized carbons (Fsp3) is 0.143. The molecular formula is C14H15FeNO3-6. The molecule has 5 heteroatoms. The summed E-state index contributed by atoms with van der Waals surface area (Å²) in [5, 5.41) is 8.27. The van der Waals surface area contributed by atoms with Crippen molar-refractivity contribution in [1.29, 1.82) is 0 Å². The summed E-state index contributed by atoms with van der Waals surface area (Å²) in [6.45, 7) is 0. The molecule has 0 fully saturated rings. The summed E-state index contributed by atoms with van der Waals surface area (Å²) in [6.07, 6.45) is 0. The number of aromatic carboxylic acids is 1. The van der Waals surface area contributed by atoms with Gasteiger partial charge in [-0.15, -0.1) is 5.97 Å². The van der Waals surface area contributed by atoms with Crippen LogP contribution in [0.5, 0.6) is 0 Å². The van der Waals surface area contributed by atoms with Gasteiger partial charge in [-0.05, 0) is 0 Å². The van der Waals surface area contributed by atoms with Crippen LogP contribution in [0.3, 0.4) is 0 Å². The van der Waals surface area contributed by atoms with E-state index in [9.17, 15) is 9.59 Å². The molecule has 0 saturated carbocycles. The van der Waals surface area contributed by atoms with Gasteiger partial charge in [0, 0.05) is 31.2 Å². The molecule has 0 bridgehead atoms. The van der Waals surface area contributed by atoms with Gasteiger partial charge < -0.3 is 44.6 Å². The quantitative estimate of drug-likeness (QED) is 0.683. The van der Waals surface area contributed by atoms with Crippen LogP contribution >= 0.6 is 0 Å². The molecule has 0 saturated heterocycles. The van der Waals surface area contributed by atoms with Crippen LogP contribution in [0.4, 0.5) is 0 Å². The summed E-state index contributed by atoms with van der Waals surface area (Å²) in [6, 6.07) is 13.8. The van der Waals surface area contributed by atoms with Crippen molar-refractivity contribution in [3.8, 4) is 0 Å². The molecule has 0 atom stereocenters. The minimum atomic E-state index is -0.866. The van der Waals surface area contributed by atoms with Crippen LogP contribution < -0.4 is 0 Å². The Labute approximate surface area is 122 Å². The Bertz CT molecular complexity index is 487. The maximum absolute atomic E-state index is 11.1. The van der Waals surface area contributed by atoms with E-state index in [1.54, 1.807) is 43.3 Å². The van der Waals surface area contributed by atoms with Crippen LogP contribution in [0, 0.1) is 0 Å². The second-order valence-corrected chi connectivity index (χ2v) is 3.85. The molecule has 0 unspecified atom stereocenters. The van der Waals surface area contributed by atoms with Crippen molar-refractivity contribution in [3.05, 3.63) is 59.7 Å². The molecule has 2 aromatic carbocycles. The Hall–Kier alpha value is -1.84. The molecule has 0 aliphatic carbocycles. The molecule has 19 heavy (non-hydrogen) atoms. The number of carbonyl (C=O) groups is 2. The fourth-order valence-corrected chi connectivity index (χ4v) is 1.29. The summed E-state index contributed by atoms with van der Waals surface area (Å²) in [5.74, 6) is -0.806. The molecule has 0 spiro atoms. The smallest absolute Gasteiger partial charge is 0.197 e. The molecule has 2 aromatic rings. The predicted octanol–water partition coefficient (Wildman–Crippen LogP) is 2.21. The van der Waals surface area contributed by atoms with Gasteiger partial charge in [-0.3, -0.25) is 4.79 Å². The predicted molar refractivity (Wildman–Crippen MR) is 69.0 cm³/mol. The third-order valence-electron chi connectivity index (χ3n) is 2.23. The molecule has 0 aromatic heterocycles. The standard InChI is InChI=1S/C8H10NO.C6H5O2.Fe/c1-9(2)8(10)7-5-3-4-6-7;7-6(8)5-3-1-2-4-5;/h3-6H,1-2H3;1-4H,(H,7,8);/q-1;-5;. The fourth-order valence-electron chi connectivity index (χ4n) is 1.29. The second-order valence-electron chi connectivity index (χ2n) is 3.85. The van der Waals surface area contributed by atoms with Crippen LogP contribution in [0.15, 0.2) is 48.5 Å². The summed E-state index contributed by atoms with van der Waals surface area (Å²) in [4.78, 5) is 22.8. The van der Waals surface area contributed by atoms with E-state index in [0.717, 1.165) is 5.56 Å². The monoisotopic (exact) mass is 301 g/mol. The zero-order chi connectivity index (χ0) is 13.5. The maximum Gasteiger partial charge on any atom is 0.197 e. The summed E-state index contributed by atoms with van der Waals surface area (Å²) in [7, 11) is 3.49. The first-order chi connectivity index (χ1) is 8.52. The van der Waals surface area contributed by atoms with Crippen LogP contribution in [-0.4, -0.2) is 36.0 Å². The number of hydrogen-bond donors (Lipinski definition) is 1. The van der Waals surface area contributed by atoms with E-state index in [4.69, 9.17) is 5.11 Å². The van der Waals surface area contributed by atoms with Crippen molar-refractivity contribution >= 4 is 11.9 Å². The van der Waals surface area contributed by atoms with Crippen LogP contribution in [0.2, 0.25) is 0 Å². The number of nitrogens with zero attached hydrogens (tertiary/aromatic N) is 1. The zero-order valence-corrected chi connectivity index (χ0v) is 11.8. The Morgan fingerprint density at radius 1 is 1.11 bits per heavy atom. The van der Waals surface area contributed by atoms with Crippen molar-refractivity contribution < 1.29 is 31.8 Å². The van der Waals surface area contributed by atoms with Gasteiger partial charge in [-0.25, -0.2) is 12.1 Å². The van der Waals surface area contributed by atoms with E-state index in [-0.39, 0.29) is 23.0 Å². The van der Waals surface area contributed by atoms with Gasteiger partial charge >= 0.3 is 0 Å². The van der Waals surface area contributed by atoms with E-state index in [2.05, 4.69) is 0 Å². The Morgan fingerprint density at radius 2 is 1.58 bits per heavy atom. The zero-order valence-electron chi connectivity index (χ0n) is 10.7.